The van der Waals surface area contributed by atoms with E-state index in [0.29, 0.717) is 12.1 Å². The van der Waals surface area contributed by atoms with E-state index in [1.54, 1.807) is 0 Å². The minimum atomic E-state index is -0.825. The predicted molar refractivity (Wildman–Crippen MR) is 79.0 cm³/mol. The van der Waals surface area contributed by atoms with E-state index in [1.807, 2.05) is 39.8 Å². The fourth-order valence-electron chi connectivity index (χ4n) is 2.47. The number of carbonyl (C=O) groups excluding carboxylic acids is 1. The van der Waals surface area contributed by atoms with E-state index in [9.17, 15) is 9.59 Å². The van der Waals surface area contributed by atoms with Crippen molar-refractivity contribution in [2.24, 2.45) is 5.92 Å². The zero-order valence-electron chi connectivity index (χ0n) is 12.6. The first kappa shape index (κ1) is 16.2. The highest BCUT2D eigenvalue weighted by Crippen LogP contribution is 2.16. The van der Waals surface area contributed by atoms with E-state index in [2.05, 4.69) is 5.32 Å². The Bertz CT molecular complexity index is 485. The van der Waals surface area contributed by atoms with Crippen molar-refractivity contribution in [2.75, 3.05) is 6.54 Å². The van der Waals surface area contributed by atoms with Crippen LogP contribution in [0.2, 0.25) is 0 Å². The van der Waals surface area contributed by atoms with Gasteiger partial charge >= 0.3 is 5.97 Å². The number of hydrogen-bond acceptors (Lipinski definition) is 2. The minimum absolute atomic E-state index is 0.0255. The van der Waals surface area contributed by atoms with Crippen LogP contribution in [0.1, 0.15) is 46.8 Å². The van der Waals surface area contributed by atoms with Gasteiger partial charge in [-0.1, -0.05) is 31.0 Å². The molecule has 0 radical (unpaired) electrons. The molecule has 1 amide bonds. The van der Waals surface area contributed by atoms with Gasteiger partial charge in [0.1, 0.15) is 0 Å². The third-order valence-corrected chi connectivity index (χ3v) is 3.50. The van der Waals surface area contributed by atoms with Crippen LogP contribution in [0.5, 0.6) is 0 Å². The molecule has 0 aromatic heterocycles. The number of carbonyl (C=O) groups is 2. The molecule has 0 aliphatic heterocycles. The Morgan fingerprint density at radius 2 is 1.75 bits per heavy atom. The Balaban J connectivity index is 2.74. The topological polar surface area (TPSA) is 66.4 Å². The van der Waals surface area contributed by atoms with Crippen LogP contribution >= 0.6 is 0 Å². The van der Waals surface area contributed by atoms with E-state index in [-0.39, 0.29) is 18.2 Å². The van der Waals surface area contributed by atoms with Crippen molar-refractivity contribution in [3.05, 3.63) is 34.4 Å². The van der Waals surface area contributed by atoms with Crippen LogP contribution in [0, 0.1) is 26.7 Å². The molecular formula is C16H23NO3. The lowest BCUT2D eigenvalue weighted by Crippen LogP contribution is -2.31. The monoisotopic (exact) mass is 277 g/mol. The molecule has 20 heavy (non-hydrogen) atoms. The smallest absolute Gasteiger partial charge is 0.303 e. The number of hydrogen-bond donors (Lipinski definition) is 2. The summed E-state index contributed by atoms with van der Waals surface area (Å²) >= 11 is 0. The molecule has 2 N–H and O–H groups in total. The molecule has 0 spiro atoms. The first-order chi connectivity index (χ1) is 9.35. The fourth-order valence-corrected chi connectivity index (χ4v) is 2.47. The maximum absolute atomic E-state index is 12.2. The van der Waals surface area contributed by atoms with Gasteiger partial charge in [0.2, 0.25) is 0 Å². The van der Waals surface area contributed by atoms with Crippen molar-refractivity contribution >= 4 is 11.9 Å². The number of aliphatic carboxylic acids is 1. The lowest BCUT2D eigenvalue weighted by atomic mass is 9.98. The van der Waals surface area contributed by atoms with Crippen LogP contribution in [0.3, 0.4) is 0 Å². The standard InChI is InChI=1S/C16H23NO3/c1-5-13(8-14(18)19)9-17-16(20)15-11(3)6-10(2)7-12(15)4/h6-7,13H,5,8-9H2,1-4H3,(H,17,20)(H,18,19). The molecule has 1 aromatic carbocycles. The molecule has 0 saturated carbocycles. The summed E-state index contributed by atoms with van der Waals surface area (Å²) < 4.78 is 0. The van der Waals surface area contributed by atoms with Crippen molar-refractivity contribution in [1.29, 1.82) is 0 Å². The highest BCUT2D eigenvalue weighted by molar-refractivity contribution is 5.97. The van der Waals surface area contributed by atoms with Gasteiger partial charge in [-0.15, -0.1) is 0 Å². The molecule has 0 fully saturated rings. The number of benzene rings is 1. The van der Waals surface area contributed by atoms with E-state index < -0.39 is 5.97 Å². The molecule has 4 nitrogen and oxygen atoms in total. The molecular weight excluding hydrogens is 254 g/mol. The van der Waals surface area contributed by atoms with Gasteiger partial charge in [0, 0.05) is 18.5 Å². The van der Waals surface area contributed by atoms with Crippen LogP contribution < -0.4 is 5.32 Å². The SMILES string of the molecule is CCC(CNC(=O)c1c(C)cc(C)cc1C)CC(=O)O. The normalized spacial score (nSPS) is 12.0. The van der Waals surface area contributed by atoms with E-state index in [0.717, 1.165) is 23.1 Å². The Morgan fingerprint density at radius 1 is 1.20 bits per heavy atom. The molecule has 1 rings (SSSR count). The Hall–Kier alpha value is -1.84. The molecule has 0 aliphatic carbocycles. The van der Waals surface area contributed by atoms with Crippen LogP contribution in [0.25, 0.3) is 0 Å². The Kier molecular flexibility index (Phi) is 5.74. The Labute approximate surface area is 120 Å². The fraction of sp³-hybridized carbons (Fsp3) is 0.500. The maximum atomic E-state index is 12.2. The minimum Gasteiger partial charge on any atom is -0.481 e. The van der Waals surface area contributed by atoms with Gasteiger partial charge in [0.05, 0.1) is 0 Å². The van der Waals surface area contributed by atoms with Crippen LogP contribution in [-0.4, -0.2) is 23.5 Å². The number of rotatable bonds is 6. The maximum Gasteiger partial charge on any atom is 0.303 e. The van der Waals surface area contributed by atoms with Gasteiger partial charge in [-0.25, -0.2) is 0 Å². The van der Waals surface area contributed by atoms with E-state index in [4.69, 9.17) is 5.11 Å². The van der Waals surface area contributed by atoms with Crippen molar-refractivity contribution in [2.45, 2.75) is 40.5 Å². The summed E-state index contributed by atoms with van der Waals surface area (Å²) in [4.78, 5) is 23.0. The van der Waals surface area contributed by atoms with Crippen LogP contribution in [-0.2, 0) is 4.79 Å². The molecule has 0 aliphatic rings. The van der Waals surface area contributed by atoms with Crippen molar-refractivity contribution in [3.8, 4) is 0 Å². The average molecular weight is 277 g/mol. The summed E-state index contributed by atoms with van der Waals surface area (Å²) in [5.41, 5.74) is 3.73. The van der Waals surface area contributed by atoms with E-state index in [1.165, 1.54) is 0 Å². The molecule has 110 valence electrons. The number of carboxylic acids is 1. The lowest BCUT2D eigenvalue weighted by molar-refractivity contribution is -0.138. The van der Waals surface area contributed by atoms with Gasteiger partial charge in [0.15, 0.2) is 0 Å². The van der Waals surface area contributed by atoms with Crippen LogP contribution in [0.15, 0.2) is 12.1 Å². The predicted octanol–water partition coefficient (Wildman–Crippen LogP) is 2.84. The summed E-state index contributed by atoms with van der Waals surface area (Å²) in [5.74, 6) is -0.972. The quantitative estimate of drug-likeness (QED) is 0.840. The third kappa shape index (κ3) is 4.37. The average Bonchev–Trinajstić information content (AvgIpc) is 2.32. The molecule has 1 atom stereocenters. The third-order valence-electron chi connectivity index (χ3n) is 3.50. The van der Waals surface area contributed by atoms with Crippen molar-refractivity contribution in [3.63, 3.8) is 0 Å². The summed E-state index contributed by atoms with van der Waals surface area (Å²) in [6.45, 7) is 8.17. The summed E-state index contributed by atoms with van der Waals surface area (Å²) in [6.07, 6.45) is 0.821. The highest BCUT2D eigenvalue weighted by Gasteiger charge is 2.16. The molecule has 1 aromatic rings. The summed E-state index contributed by atoms with van der Waals surface area (Å²) in [6, 6.07) is 3.97. The number of carboxylic acid groups (broad SMARTS) is 1. The molecule has 0 heterocycles. The van der Waals surface area contributed by atoms with Gasteiger partial charge in [-0.2, -0.15) is 0 Å². The largest absolute Gasteiger partial charge is 0.481 e. The molecule has 0 bridgehead atoms. The zero-order valence-corrected chi connectivity index (χ0v) is 12.6. The number of aryl methyl sites for hydroxylation is 3. The van der Waals surface area contributed by atoms with Crippen molar-refractivity contribution < 1.29 is 14.7 Å². The highest BCUT2D eigenvalue weighted by atomic mass is 16.4. The second-order valence-electron chi connectivity index (χ2n) is 5.36. The van der Waals surface area contributed by atoms with Crippen LogP contribution in [0.4, 0.5) is 0 Å². The Morgan fingerprint density at radius 3 is 2.20 bits per heavy atom. The second kappa shape index (κ2) is 7.08. The van der Waals surface area contributed by atoms with Gasteiger partial charge in [-0.05, 0) is 37.8 Å². The molecule has 1 unspecified atom stereocenters. The number of amides is 1. The number of nitrogens with one attached hydrogen (secondary N) is 1. The first-order valence-electron chi connectivity index (χ1n) is 6.93. The van der Waals surface area contributed by atoms with Gasteiger partial charge < -0.3 is 10.4 Å². The lowest BCUT2D eigenvalue weighted by Gasteiger charge is -2.15. The van der Waals surface area contributed by atoms with E-state index >= 15 is 0 Å². The molecule has 0 saturated heterocycles. The van der Waals surface area contributed by atoms with Crippen molar-refractivity contribution in [1.82, 2.24) is 5.32 Å². The summed E-state index contributed by atoms with van der Waals surface area (Å²) in [7, 11) is 0. The molecule has 4 heteroatoms. The first-order valence-corrected chi connectivity index (χ1v) is 6.93. The zero-order chi connectivity index (χ0) is 15.3. The second-order valence-corrected chi connectivity index (χ2v) is 5.36. The van der Waals surface area contributed by atoms with Gasteiger partial charge in [0.25, 0.3) is 5.91 Å². The van der Waals surface area contributed by atoms with Gasteiger partial charge in [-0.3, -0.25) is 9.59 Å². The summed E-state index contributed by atoms with van der Waals surface area (Å²) in [5, 5.41) is 11.7.